The van der Waals surface area contributed by atoms with Crippen molar-refractivity contribution in [2.75, 3.05) is 31.9 Å². The van der Waals surface area contributed by atoms with Crippen molar-refractivity contribution in [3.05, 3.63) is 83.9 Å². The van der Waals surface area contributed by atoms with Crippen LogP contribution >= 0.6 is 0 Å². The SMILES string of the molecule is Nc1ccc2oc(-c3ccnc(C(=O)N4CCN(C(c5ccccc5)c5nnn(C(F)F)n5)CC4)c3)nc2c1. The van der Waals surface area contributed by atoms with Crippen LogP contribution in [0.4, 0.5) is 14.5 Å². The number of benzene rings is 2. The Bertz CT molecular complexity index is 1610. The van der Waals surface area contributed by atoms with E-state index in [4.69, 9.17) is 10.2 Å². The number of nitrogens with two attached hydrogens (primary N) is 1. The summed E-state index contributed by atoms with van der Waals surface area (Å²) in [5.74, 6) is 0.317. The summed E-state index contributed by atoms with van der Waals surface area (Å²) in [6.07, 6.45) is 1.55. The maximum Gasteiger partial charge on any atom is 0.350 e. The Morgan fingerprint density at radius 3 is 2.54 bits per heavy atom. The fourth-order valence-electron chi connectivity index (χ4n) is 4.68. The number of anilines is 1. The highest BCUT2D eigenvalue weighted by Gasteiger charge is 2.32. The molecule has 0 aliphatic carbocycles. The summed E-state index contributed by atoms with van der Waals surface area (Å²) in [6, 6.07) is 17.5. The third kappa shape index (κ3) is 4.91. The van der Waals surface area contributed by atoms with Crippen LogP contribution in [0.2, 0.25) is 0 Å². The molecule has 1 unspecified atom stereocenters. The fourth-order valence-corrected chi connectivity index (χ4v) is 4.68. The predicted octanol–water partition coefficient (Wildman–Crippen LogP) is 3.40. The number of aromatic nitrogens is 6. The minimum Gasteiger partial charge on any atom is -0.436 e. The van der Waals surface area contributed by atoms with Gasteiger partial charge in [0.1, 0.15) is 11.2 Å². The van der Waals surface area contributed by atoms with Crippen LogP contribution < -0.4 is 5.73 Å². The molecule has 0 bridgehead atoms. The van der Waals surface area contributed by atoms with Crippen LogP contribution in [0.1, 0.15) is 34.5 Å². The van der Waals surface area contributed by atoms with E-state index in [2.05, 4.69) is 30.3 Å². The molecule has 1 amide bonds. The van der Waals surface area contributed by atoms with Gasteiger partial charge in [0.15, 0.2) is 11.4 Å². The van der Waals surface area contributed by atoms with Gasteiger partial charge in [-0.2, -0.15) is 8.78 Å². The number of oxazole rings is 1. The first kappa shape index (κ1) is 24.6. The predicted molar refractivity (Wildman–Crippen MR) is 136 cm³/mol. The molecular weight excluding hydrogens is 508 g/mol. The molecule has 0 radical (unpaired) electrons. The van der Waals surface area contributed by atoms with Gasteiger partial charge in [0, 0.05) is 43.6 Å². The van der Waals surface area contributed by atoms with Crippen molar-refractivity contribution in [1.82, 2.24) is 40.0 Å². The molecule has 1 saturated heterocycles. The largest absolute Gasteiger partial charge is 0.436 e. The zero-order valence-electron chi connectivity index (χ0n) is 20.6. The van der Waals surface area contributed by atoms with Gasteiger partial charge in [-0.15, -0.1) is 10.2 Å². The average Bonchev–Trinajstić information content (AvgIpc) is 3.62. The Morgan fingerprint density at radius 2 is 1.79 bits per heavy atom. The normalized spacial score (nSPS) is 15.2. The van der Waals surface area contributed by atoms with E-state index >= 15 is 0 Å². The van der Waals surface area contributed by atoms with Gasteiger partial charge in [-0.25, -0.2) is 4.98 Å². The summed E-state index contributed by atoms with van der Waals surface area (Å²) in [4.78, 5) is 26.2. The summed E-state index contributed by atoms with van der Waals surface area (Å²) < 4.78 is 32.1. The van der Waals surface area contributed by atoms with Crippen LogP contribution in [-0.2, 0) is 0 Å². The molecule has 5 aromatic rings. The average molecular weight is 532 g/mol. The van der Waals surface area contributed by atoms with Crippen LogP contribution in [0.15, 0.2) is 71.3 Å². The van der Waals surface area contributed by atoms with Gasteiger partial charge < -0.3 is 15.1 Å². The summed E-state index contributed by atoms with van der Waals surface area (Å²) >= 11 is 0. The van der Waals surface area contributed by atoms with Crippen LogP contribution in [0, 0.1) is 0 Å². The van der Waals surface area contributed by atoms with Gasteiger partial charge in [0.05, 0.1) is 6.04 Å². The number of nitrogens with zero attached hydrogens (tertiary/aromatic N) is 8. The van der Waals surface area contributed by atoms with E-state index in [1.165, 1.54) is 0 Å². The quantitative estimate of drug-likeness (QED) is 0.327. The molecule has 4 heterocycles. The molecular formula is C26H23F2N9O2. The number of alkyl halides is 2. The molecule has 1 aliphatic heterocycles. The topological polar surface area (TPSA) is 132 Å². The summed E-state index contributed by atoms with van der Waals surface area (Å²) in [7, 11) is 0. The molecule has 2 N–H and O–H groups in total. The second-order valence-electron chi connectivity index (χ2n) is 9.06. The van der Waals surface area contributed by atoms with Gasteiger partial charge in [-0.05, 0) is 41.1 Å². The van der Waals surface area contributed by atoms with Crippen LogP contribution in [0.25, 0.3) is 22.6 Å². The Balaban J connectivity index is 1.19. The van der Waals surface area contributed by atoms with Crippen molar-refractivity contribution in [3.63, 3.8) is 0 Å². The monoisotopic (exact) mass is 531 g/mol. The zero-order chi connectivity index (χ0) is 26.9. The number of carbonyl (C=O) groups excluding carboxylic acids is 1. The highest BCUT2D eigenvalue weighted by atomic mass is 19.3. The number of amides is 1. The Kier molecular flexibility index (Phi) is 6.40. The summed E-state index contributed by atoms with van der Waals surface area (Å²) in [5, 5.41) is 11.3. The van der Waals surface area contributed by atoms with E-state index < -0.39 is 12.6 Å². The maximum atomic E-state index is 13.4. The minimum atomic E-state index is -2.88. The third-order valence-electron chi connectivity index (χ3n) is 6.58. The zero-order valence-corrected chi connectivity index (χ0v) is 20.6. The molecule has 1 fully saturated rings. The number of hydrogen-bond donors (Lipinski definition) is 1. The number of nitrogen functional groups attached to an aromatic ring is 1. The van der Waals surface area contributed by atoms with Crippen LogP contribution in [0.3, 0.4) is 0 Å². The van der Waals surface area contributed by atoms with Crippen molar-refractivity contribution in [3.8, 4) is 11.5 Å². The molecule has 0 saturated carbocycles. The van der Waals surface area contributed by atoms with Crippen molar-refractivity contribution < 1.29 is 18.0 Å². The van der Waals surface area contributed by atoms with Crippen molar-refractivity contribution >= 4 is 22.7 Å². The Hall–Kier alpha value is -4.78. The number of rotatable bonds is 6. The molecule has 0 spiro atoms. The highest BCUT2D eigenvalue weighted by molar-refractivity contribution is 5.93. The van der Waals surface area contributed by atoms with Crippen LogP contribution in [0.5, 0.6) is 0 Å². The Morgan fingerprint density at radius 1 is 1.00 bits per heavy atom. The lowest BCUT2D eigenvalue weighted by molar-refractivity contribution is 0.0385. The lowest BCUT2D eigenvalue weighted by atomic mass is 10.0. The van der Waals surface area contributed by atoms with Crippen molar-refractivity contribution in [2.45, 2.75) is 12.6 Å². The molecule has 2 aromatic carbocycles. The number of piperazine rings is 1. The number of fused-ring (bicyclic) bond motifs is 1. The van der Waals surface area contributed by atoms with E-state index in [1.807, 2.05) is 30.3 Å². The van der Waals surface area contributed by atoms with Crippen molar-refractivity contribution in [1.29, 1.82) is 0 Å². The Labute approximate surface area is 220 Å². The molecule has 11 nitrogen and oxygen atoms in total. The molecule has 1 aliphatic rings. The first-order chi connectivity index (χ1) is 19.0. The minimum absolute atomic E-state index is 0.177. The van der Waals surface area contributed by atoms with Gasteiger partial charge in [0.2, 0.25) is 5.89 Å². The fraction of sp³-hybridized carbons (Fsp3) is 0.231. The number of halogens is 2. The van der Waals surface area contributed by atoms with E-state index in [0.29, 0.717) is 59.2 Å². The second kappa shape index (κ2) is 10.2. The maximum absolute atomic E-state index is 13.4. The lowest BCUT2D eigenvalue weighted by Gasteiger charge is -2.38. The second-order valence-corrected chi connectivity index (χ2v) is 9.06. The van der Waals surface area contributed by atoms with E-state index in [-0.39, 0.29) is 17.4 Å². The molecule has 3 aromatic heterocycles. The molecule has 198 valence electrons. The molecule has 39 heavy (non-hydrogen) atoms. The molecule has 13 heteroatoms. The van der Waals surface area contributed by atoms with Gasteiger partial charge in [0.25, 0.3) is 5.91 Å². The standard InChI is InChI=1S/C26H23F2N9O2/c27-26(28)37-33-23(32-34-37)22(16-4-2-1-3-5-16)35-10-12-36(13-11-35)25(38)20-14-17(8-9-30-20)24-31-19-15-18(29)6-7-21(19)39-24/h1-9,14-15,22,26H,10-13,29H2. The van der Waals surface area contributed by atoms with E-state index in [9.17, 15) is 13.6 Å². The van der Waals surface area contributed by atoms with Gasteiger partial charge in [-0.3, -0.25) is 14.7 Å². The third-order valence-corrected chi connectivity index (χ3v) is 6.58. The molecule has 6 rings (SSSR count). The van der Waals surface area contributed by atoms with Gasteiger partial charge >= 0.3 is 6.55 Å². The first-order valence-electron chi connectivity index (χ1n) is 12.2. The van der Waals surface area contributed by atoms with E-state index in [0.717, 1.165) is 5.56 Å². The van der Waals surface area contributed by atoms with E-state index in [1.54, 1.807) is 41.4 Å². The summed E-state index contributed by atoms with van der Waals surface area (Å²) in [6.45, 7) is -1.13. The van der Waals surface area contributed by atoms with Crippen molar-refractivity contribution in [2.24, 2.45) is 0 Å². The lowest BCUT2D eigenvalue weighted by Crippen LogP contribution is -2.50. The number of tetrazole rings is 1. The highest BCUT2D eigenvalue weighted by Crippen LogP contribution is 2.29. The summed E-state index contributed by atoms with van der Waals surface area (Å²) in [5.41, 5.74) is 9.38. The van der Waals surface area contributed by atoms with Crippen LogP contribution in [-0.4, -0.2) is 72.1 Å². The number of carbonyl (C=O) groups is 1. The smallest absolute Gasteiger partial charge is 0.350 e. The first-order valence-corrected chi connectivity index (χ1v) is 12.2. The number of hydrogen-bond acceptors (Lipinski definition) is 9. The number of pyridine rings is 1. The van der Waals surface area contributed by atoms with Gasteiger partial charge in [-0.1, -0.05) is 35.1 Å². The molecule has 1 atom stereocenters.